The molecule has 1 atom stereocenters. The van der Waals surface area contributed by atoms with Gasteiger partial charge in [0.05, 0.1) is 6.61 Å². The van der Waals surface area contributed by atoms with Crippen LogP contribution in [0.5, 0.6) is 6.01 Å². The van der Waals surface area contributed by atoms with Crippen LogP contribution >= 0.6 is 0 Å². The van der Waals surface area contributed by atoms with Crippen molar-refractivity contribution < 1.29 is 9.84 Å². The Morgan fingerprint density at radius 1 is 1.26 bits per heavy atom. The number of hydrogen-bond donors (Lipinski definition) is 4. The Morgan fingerprint density at radius 3 is 2.47 bits per heavy atom. The van der Waals surface area contributed by atoms with E-state index in [9.17, 15) is 0 Å². The molecule has 8 heteroatoms. The van der Waals surface area contributed by atoms with Crippen LogP contribution in [0.15, 0.2) is 0 Å². The molecule has 0 aliphatic rings. The monoisotopic (exact) mass is 270 g/mol. The highest BCUT2D eigenvalue weighted by molar-refractivity contribution is 5.37. The van der Waals surface area contributed by atoms with Crippen LogP contribution in [-0.4, -0.2) is 38.8 Å². The predicted octanol–water partition coefficient (Wildman–Crippen LogP) is 0.519. The van der Waals surface area contributed by atoms with E-state index in [-0.39, 0.29) is 24.1 Å². The largest absolute Gasteiger partial charge is 0.464 e. The van der Waals surface area contributed by atoms with E-state index in [1.54, 1.807) is 0 Å². The quantitative estimate of drug-likeness (QED) is 0.399. The minimum absolute atomic E-state index is 0.0860. The van der Waals surface area contributed by atoms with Gasteiger partial charge in [-0.2, -0.15) is 15.0 Å². The van der Waals surface area contributed by atoms with Gasteiger partial charge in [-0.25, -0.2) is 5.84 Å². The molecule has 0 aliphatic carbocycles. The summed E-state index contributed by atoms with van der Waals surface area (Å²) in [6, 6.07) is 0.204. The number of aliphatic hydroxyl groups excluding tert-OH is 1. The van der Waals surface area contributed by atoms with Crippen LogP contribution in [0.2, 0.25) is 0 Å². The van der Waals surface area contributed by atoms with Gasteiger partial charge < -0.3 is 15.2 Å². The molecule has 1 aromatic rings. The molecule has 5 N–H and O–H groups in total. The van der Waals surface area contributed by atoms with E-state index in [1.165, 1.54) is 0 Å². The first kappa shape index (κ1) is 15.4. The predicted molar refractivity (Wildman–Crippen MR) is 72.8 cm³/mol. The second kappa shape index (κ2) is 7.05. The second-order valence-electron chi connectivity index (χ2n) is 4.36. The van der Waals surface area contributed by atoms with E-state index in [0.29, 0.717) is 19.0 Å². The Labute approximate surface area is 112 Å². The van der Waals surface area contributed by atoms with Gasteiger partial charge in [-0.05, 0) is 26.7 Å². The summed E-state index contributed by atoms with van der Waals surface area (Å²) in [7, 11) is 0. The highest BCUT2D eigenvalue weighted by Crippen LogP contribution is 2.21. The highest BCUT2D eigenvalue weighted by Gasteiger charge is 2.23. The maximum Gasteiger partial charge on any atom is 0.323 e. The molecule has 19 heavy (non-hydrogen) atoms. The van der Waals surface area contributed by atoms with Crippen LogP contribution in [0.4, 0.5) is 11.9 Å². The van der Waals surface area contributed by atoms with Gasteiger partial charge in [0.1, 0.15) is 0 Å². The van der Waals surface area contributed by atoms with Gasteiger partial charge in [0.15, 0.2) is 0 Å². The number of anilines is 2. The van der Waals surface area contributed by atoms with Crippen LogP contribution in [0, 0.1) is 0 Å². The van der Waals surface area contributed by atoms with Gasteiger partial charge in [0, 0.05) is 12.1 Å². The van der Waals surface area contributed by atoms with Crippen molar-refractivity contribution in [1.29, 1.82) is 0 Å². The third-order valence-corrected chi connectivity index (χ3v) is 2.87. The van der Waals surface area contributed by atoms with Crippen LogP contribution in [0.1, 0.15) is 33.6 Å². The van der Waals surface area contributed by atoms with Crippen LogP contribution in [0.3, 0.4) is 0 Å². The number of nitrogen functional groups attached to an aromatic ring is 1. The maximum atomic E-state index is 9.10. The van der Waals surface area contributed by atoms with Crippen molar-refractivity contribution in [2.75, 3.05) is 24.0 Å². The van der Waals surface area contributed by atoms with Gasteiger partial charge in [-0.1, -0.05) is 6.92 Å². The van der Waals surface area contributed by atoms with E-state index < -0.39 is 0 Å². The zero-order valence-corrected chi connectivity index (χ0v) is 11.6. The minimum Gasteiger partial charge on any atom is -0.464 e. The number of hydrazine groups is 1. The number of nitrogens with one attached hydrogen (secondary N) is 2. The third-order valence-electron chi connectivity index (χ3n) is 2.87. The van der Waals surface area contributed by atoms with E-state index >= 15 is 0 Å². The Balaban J connectivity index is 2.95. The first-order valence-corrected chi connectivity index (χ1v) is 6.31. The summed E-state index contributed by atoms with van der Waals surface area (Å²) in [5, 5.41) is 12.3. The van der Waals surface area contributed by atoms with E-state index in [1.807, 2.05) is 20.8 Å². The Hall–Kier alpha value is -1.67. The molecule has 0 bridgehead atoms. The molecule has 0 amide bonds. The molecule has 1 heterocycles. The highest BCUT2D eigenvalue weighted by atomic mass is 16.5. The lowest BCUT2D eigenvalue weighted by molar-refractivity contribution is 0.251. The lowest BCUT2D eigenvalue weighted by atomic mass is 9.95. The van der Waals surface area contributed by atoms with E-state index in [4.69, 9.17) is 15.7 Å². The molecule has 1 aromatic heterocycles. The molecule has 0 aliphatic heterocycles. The Morgan fingerprint density at radius 2 is 1.95 bits per heavy atom. The Bertz CT molecular complexity index is 403. The number of nitrogens with zero attached hydrogens (tertiary/aromatic N) is 3. The fourth-order valence-corrected chi connectivity index (χ4v) is 1.51. The number of hydrogen-bond acceptors (Lipinski definition) is 8. The zero-order valence-electron chi connectivity index (χ0n) is 11.6. The van der Waals surface area contributed by atoms with Crippen LogP contribution < -0.4 is 21.3 Å². The zero-order chi connectivity index (χ0) is 14.3. The van der Waals surface area contributed by atoms with Crippen LogP contribution in [-0.2, 0) is 0 Å². The van der Waals surface area contributed by atoms with Crippen molar-refractivity contribution in [2.24, 2.45) is 5.84 Å². The molecule has 0 saturated heterocycles. The summed E-state index contributed by atoms with van der Waals surface area (Å²) in [5.74, 6) is 5.90. The third kappa shape index (κ3) is 4.49. The van der Waals surface area contributed by atoms with Gasteiger partial charge in [0.2, 0.25) is 11.9 Å². The molecule has 108 valence electrons. The van der Waals surface area contributed by atoms with Crippen molar-refractivity contribution in [3.63, 3.8) is 0 Å². The number of aromatic nitrogens is 3. The fraction of sp³-hybridized carbons (Fsp3) is 0.727. The number of nitrogens with two attached hydrogens (primary N) is 1. The summed E-state index contributed by atoms with van der Waals surface area (Å²) in [6.45, 7) is 6.39. The smallest absolute Gasteiger partial charge is 0.323 e. The van der Waals surface area contributed by atoms with E-state index in [0.717, 1.165) is 6.42 Å². The maximum absolute atomic E-state index is 9.10. The molecule has 0 radical (unpaired) electrons. The van der Waals surface area contributed by atoms with Gasteiger partial charge >= 0.3 is 6.01 Å². The average molecular weight is 270 g/mol. The summed E-state index contributed by atoms with van der Waals surface area (Å²) < 4.78 is 5.25. The first-order valence-electron chi connectivity index (χ1n) is 6.31. The number of rotatable bonds is 8. The SMILES string of the molecule is CCOc1nc(NN)nc(NC(C)(CC)CCO)n1. The van der Waals surface area contributed by atoms with Crippen molar-refractivity contribution in [2.45, 2.75) is 39.2 Å². The fourth-order valence-electron chi connectivity index (χ4n) is 1.51. The lowest BCUT2D eigenvalue weighted by Gasteiger charge is -2.29. The summed E-state index contributed by atoms with van der Waals surface area (Å²) in [5.41, 5.74) is 2.07. The van der Waals surface area contributed by atoms with Gasteiger partial charge in [-0.3, -0.25) is 5.43 Å². The van der Waals surface area contributed by atoms with Gasteiger partial charge in [-0.15, -0.1) is 0 Å². The number of aliphatic hydroxyl groups is 1. The standard InChI is InChI=1S/C11H22N6O2/c1-4-11(3,6-7-18)16-8-13-9(17-12)15-10(14-8)19-5-2/h18H,4-7,12H2,1-3H3,(H2,13,14,15,16,17). The normalized spacial score (nSPS) is 13.7. The van der Waals surface area contributed by atoms with E-state index in [2.05, 4.69) is 25.7 Å². The Kier molecular flexibility index (Phi) is 5.71. The van der Waals surface area contributed by atoms with Crippen molar-refractivity contribution in [1.82, 2.24) is 15.0 Å². The molecule has 1 unspecified atom stereocenters. The van der Waals surface area contributed by atoms with Crippen LogP contribution in [0.25, 0.3) is 0 Å². The summed E-state index contributed by atoms with van der Waals surface area (Å²) in [6.07, 6.45) is 1.40. The van der Waals surface area contributed by atoms with Crippen molar-refractivity contribution in [3.05, 3.63) is 0 Å². The first-order chi connectivity index (χ1) is 9.06. The summed E-state index contributed by atoms with van der Waals surface area (Å²) in [4.78, 5) is 12.2. The average Bonchev–Trinajstić information content (AvgIpc) is 2.39. The van der Waals surface area contributed by atoms with Crippen molar-refractivity contribution in [3.8, 4) is 6.01 Å². The molecule has 0 aromatic carbocycles. The molecule has 1 rings (SSSR count). The molecule has 0 fully saturated rings. The molecular weight excluding hydrogens is 248 g/mol. The topological polar surface area (TPSA) is 118 Å². The number of ether oxygens (including phenoxy) is 1. The molecular formula is C11H22N6O2. The van der Waals surface area contributed by atoms with Crippen molar-refractivity contribution >= 4 is 11.9 Å². The van der Waals surface area contributed by atoms with Gasteiger partial charge in [0.25, 0.3) is 0 Å². The molecule has 8 nitrogen and oxygen atoms in total. The summed E-state index contributed by atoms with van der Waals surface area (Å²) >= 11 is 0. The molecule has 0 saturated carbocycles. The lowest BCUT2D eigenvalue weighted by Crippen LogP contribution is -2.36. The second-order valence-corrected chi connectivity index (χ2v) is 4.36. The minimum atomic E-state index is -0.300. The molecule has 0 spiro atoms.